The second kappa shape index (κ2) is 48.0. The Morgan fingerprint density at radius 3 is 1.01 bits per heavy atom. The number of aromatic carboxylic acids is 6. The molecule has 0 saturated carbocycles. The average Bonchev–Trinajstić information content (AvgIpc) is 0.796. The topological polar surface area (TPSA) is 666 Å². The number of hydrogen-bond acceptors (Lipinski definition) is 29. The van der Waals surface area contributed by atoms with Crippen LogP contribution < -0.4 is 36.6 Å². The quantitative estimate of drug-likeness (QED) is 0.0280. The Hall–Kier alpha value is -18.4. The highest BCUT2D eigenvalue weighted by Crippen LogP contribution is 2.37. The van der Waals surface area contributed by atoms with Crippen molar-refractivity contribution in [3.05, 3.63) is 247 Å². The molecular formula is C98H98N14O28. The summed E-state index contributed by atoms with van der Waals surface area (Å²) in [6.45, 7) is 22.7. The number of pyridine rings is 7. The molecule has 42 nitrogen and oxygen atoms in total. The smallest absolute Gasteiger partial charge is 0.341 e. The number of aromatic nitrogens is 7. The van der Waals surface area contributed by atoms with Gasteiger partial charge in [0.05, 0.1) is 14.2 Å². The number of methoxy groups -OCH3 is 2. The minimum atomic E-state index is -1.24. The minimum absolute atomic E-state index is 0.0144. The van der Waals surface area contributed by atoms with Crippen molar-refractivity contribution in [2.75, 3.05) is 67.1 Å². The van der Waals surface area contributed by atoms with Crippen molar-refractivity contribution in [1.29, 1.82) is 0 Å². The van der Waals surface area contributed by atoms with Gasteiger partial charge in [0.25, 0.3) is 41.4 Å². The first-order chi connectivity index (χ1) is 66.4. The first-order valence-corrected chi connectivity index (χ1v) is 42.6. The molecule has 728 valence electrons. The van der Waals surface area contributed by atoms with E-state index < -0.39 is 70.5 Å². The van der Waals surface area contributed by atoms with Crippen LogP contribution in [0.4, 0.5) is 0 Å². The molecule has 0 aliphatic rings. The van der Waals surface area contributed by atoms with E-state index in [0.29, 0.717) is 106 Å². The lowest BCUT2D eigenvalue weighted by molar-refractivity contribution is 0.0593. The highest BCUT2D eigenvalue weighted by Gasteiger charge is 2.27. The summed E-state index contributed by atoms with van der Waals surface area (Å²) in [6, 6.07) is 37.1. The molecule has 7 aromatic carbocycles. The number of ether oxygens (including phenoxy) is 2. The summed E-state index contributed by atoms with van der Waals surface area (Å²) in [5.74, 6) is -12.6. The highest BCUT2D eigenvalue weighted by atomic mass is 16.5. The molecule has 7 amide bonds. The van der Waals surface area contributed by atoms with E-state index in [-0.39, 0.29) is 165 Å². The van der Waals surface area contributed by atoms with E-state index in [1.807, 2.05) is 13.8 Å². The number of carbonyl (C=O) groups is 14. The van der Waals surface area contributed by atoms with Gasteiger partial charge in [-0.05, 0) is 183 Å². The molecule has 14 aromatic rings. The van der Waals surface area contributed by atoms with Crippen LogP contribution in [0.15, 0.2) is 146 Å². The van der Waals surface area contributed by atoms with E-state index in [2.05, 4.69) is 71.5 Å². The van der Waals surface area contributed by atoms with Gasteiger partial charge in [-0.3, -0.25) is 33.6 Å². The van der Waals surface area contributed by atoms with Gasteiger partial charge >= 0.3 is 41.8 Å². The van der Waals surface area contributed by atoms with Gasteiger partial charge in [0.1, 0.15) is 117 Å². The number of fused-ring (bicyclic) bond motifs is 7. The van der Waals surface area contributed by atoms with E-state index in [1.54, 1.807) is 172 Å². The number of phenols is 6. The van der Waals surface area contributed by atoms with Gasteiger partial charge < -0.3 is 108 Å². The Labute approximate surface area is 795 Å². The number of amides is 7. The third-order valence-corrected chi connectivity index (χ3v) is 20.5. The summed E-state index contributed by atoms with van der Waals surface area (Å²) < 4.78 is 9.72. The summed E-state index contributed by atoms with van der Waals surface area (Å²) >= 11 is 0. The van der Waals surface area contributed by atoms with Crippen LogP contribution in [0.25, 0.3) is 76.3 Å². The summed E-state index contributed by atoms with van der Waals surface area (Å²) in [4.78, 5) is 191. The zero-order valence-electron chi connectivity index (χ0n) is 77.8. The molecule has 0 aliphatic carbocycles. The van der Waals surface area contributed by atoms with Gasteiger partial charge in [0, 0.05) is 90.6 Å². The molecule has 0 atom stereocenters. The van der Waals surface area contributed by atoms with Crippen LogP contribution in [0, 0.1) is 27.7 Å². The number of aromatic hydroxyl groups is 6. The van der Waals surface area contributed by atoms with Crippen molar-refractivity contribution >= 4 is 159 Å². The first-order valence-electron chi connectivity index (χ1n) is 42.6. The maximum atomic E-state index is 12.0. The van der Waals surface area contributed by atoms with Gasteiger partial charge in [-0.1, -0.05) is 60.7 Å². The Kier molecular flexibility index (Phi) is 36.6. The molecule has 14 rings (SSSR count). The number of carboxylic acid groups (broad SMARTS) is 6. The van der Waals surface area contributed by atoms with Crippen molar-refractivity contribution < 1.29 is 138 Å². The maximum absolute atomic E-state index is 12.0. The molecule has 0 fully saturated rings. The van der Waals surface area contributed by atoms with Crippen molar-refractivity contribution in [2.24, 2.45) is 0 Å². The lowest BCUT2D eigenvalue weighted by atomic mass is 10.0. The van der Waals surface area contributed by atoms with Crippen molar-refractivity contribution in [1.82, 2.24) is 71.7 Å². The van der Waals surface area contributed by atoms with Crippen molar-refractivity contribution in [3.8, 4) is 40.2 Å². The predicted octanol–water partition coefficient (Wildman–Crippen LogP) is 11.7. The number of carboxylic acids is 6. The number of phenolic OH excluding ortho intramolecular Hbond substituents is 1. The van der Waals surface area contributed by atoms with E-state index in [4.69, 9.17) is 35.4 Å². The van der Waals surface area contributed by atoms with E-state index in [9.17, 15) is 97.8 Å². The molecule has 18 N–H and O–H groups in total. The minimum Gasteiger partial charge on any atom is -0.505 e. The molecule has 0 saturated heterocycles. The number of carbonyl (C=O) groups excluding carboxylic acids is 8. The van der Waals surface area contributed by atoms with Gasteiger partial charge in [-0.2, -0.15) is 0 Å². The van der Waals surface area contributed by atoms with Crippen LogP contribution >= 0.6 is 0 Å². The number of benzene rings is 7. The molecule has 7 heterocycles. The fourth-order valence-corrected chi connectivity index (χ4v) is 13.5. The molecule has 140 heavy (non-hydrogen) atoms. The summed E-state index contributed by atoms with van der Waals surface area (Å²) in [6.07, 6.45) is 0. The summed E-state index contributed by atoms with van der Waals surface area (Å²) in [5, 5.41) is 134. The Bertz CT molecular complexity index is 7270. The van der Waals surface area contributed by atoms with Crippen LogP contribution in [0.3, 0.4) is 0 Å². The van der Waals surface area contributed by atoms with E-state index >= 15 is 0 Å². The lowest BCUT2D eigenvalue weighted by Gasteiger charge is -2.14. The SMILES string of the molecule is CCN(C)C(=O)c1ccc2ccc(C(=O)O)c(O)c2n1.CCNC(=O)c1cc(C)c2ccc(C(=O)O)c(O)c2n1.CCNC(=O)c1ccc2c(C)cc(C(=O)O)c(O)c2n1.CCNC(=O)c1ccc2cc(C)c(C(=O)O)c(O)c2n1.CCNC(=O)c1ccc2ccc(C(=O)O)c(OC)c2n1.CCNC(=O)c1ccc2ccc(C(=O)OC)c(O)c2n1.CCNC(=O)c1nc2c(O)c(C(=O)O)ccc2cc1C. The fourth-order valence-electron chi connectivity index (χ4n) is 13.5. The standard InChI is InChI=1S/7C14H14N2O4/c1-3-16(2)13(18)10-7-5-8-4-6-9(14(19)20)12(17)11(8)15-10;1-3-15-13(17)10-7-5-8-4-6-9(14(18)19)12(20-2)11(8)16-10;1-3-15-13(18)10-7-5-8-4-6-9(14(19)20-2)12(17)11(8)16-10;1-3-15-13(18)10-5-4-8-7(2)6-9(14(19)20)12(17)11(8)16-10;1-3-15-13(18)10-6-7(2)8-4-5-9(14(19)20)12(17)11(8)16-10;1-3-15-13(18)9-5-4-8-6-7(2)10(14(19)20)12(17)11(8)16-9;1-3-15-13(18)10-7(2)6-8-4-5-9(14(19)20)12(17)11(8)16-10/h4-7,17H,3H2,1-2H3,(H,19,20);4-7H,3H2,1-2H3,(H,15,17)(H,18,19);4-7,17H,3H2,1-2H3,(H,15,18);4*4-6,17H,3H2,1-2H3,(H,15,18)(H,19,20). The average molecular weight is 1920 g/mol. The molecule has 0 unspecified atom stereocenters. The van der Waals surface area contributed by atoms with E-state index in [0.717, 1.165) is 5.56 Å². The number of nitrogens with one attached hydrogen (secondary N) is 6. The number of aryl methyl sites for hydroxylation is 4. The van der Waals surface area contributed by atoms with Crippen LogP contribution in [0.2, 0.25) is 0 Å². The third kappa shape index (κ3) is 25.0. The molecule has 0 aliphatic heterocycles. The second-order valence-electron chi connectivity index (χ2n) is 29.9. The van der Waals surface area contributed by atoms with Gasteiger partial charge in [0.2, 0.25) is 0 Å². The Morgan fingerprint density at radius 2 is 0.593 bits per heavy atom. The molecule has 0 spiro atoms. The number of hydrogen-bond donors (Lipinski definition) is 18. The lowest BCUT2D eigenvalue weighted by Crippen LogP contribution is -2.27. The monoisotopic (exact) mass is 1920 g/mol. The Morgan fingerprint density at radius 1 is 0.293 bits per heavy atom. The maximum Gasteiger partial charge on any atom is 0.341 e. The largest absolute Gasteiger partial charge is 0.505 e. The molecular weight excluding hydrogens is 1820 g/mol. The van der Waals surface area contributed by atoms with Crippen molar-refractivity contribution in [2.45, 2.75) is 76.2 Å². The third-order valence-electron chi connectivity index (χ3n) is 20.5. The zero-order chi connectivity index (χ0) is 104. The molecule has 42 heteroatoms. The van der Waals surface area contributed by atoms with Crippen LogP contribution in [0.5, 0.6) is 40.2 Å². The second-order valence-corrected chi connectivity index (χ2v) is 29.9. The number of rotatable bonds is 22. The fraction of sp³-hybridized carbons (Fsp3) is 0.214. The Balaban J connectivity index is 0.000000200. The van der Waals surface area contributed by atoms with Crippen LogP contribution in [-0.2, 0) is 4.74 Å². The normalized spacial score (nSPS) is 10.4. The van der Waals surface area contributed by atoms with Gasteiger partial charge in [-0.15, -0.1) is 0 Å². The van der Waals surface area contributed by atoms with E-state index in [1.165, 1.54) is 61.6 Å². The van der Waals surface area contributed by atoms with Crippen LogP contribution in [-0.4, -0.2) is 251 Å². The van der Waals surface area contributed by atoms with Gasteiger partial charge in [0.15, 0.2) is 40.2 Å². The van der Waals surface area contributed by atoms with Crippen LogP contribution in [0.1, 0.15) is 217 Å². The number of nitrogens with zero attached hydrogens (tertiary/aromatic N) is 8. The highest BCUT2D eigenvalue weighted by molar-refractivity contribution is 6.09. The first kappa shape index (κ1) is 107. The summed E-state index contributed by atoms with van der Waals surface area (Å²) in [5.41, 5.74) is 3.67. The molecule has 7 aromatic heterocycles. The molecule has 0 radical (unpaired) electrons. The number of esters is 1. The van der Waals surface area contributed by atoms with Crippen molar-refractivity contribution in [3.63, 3.8) is 0 Å². The zero-order valence-corrected chi connectivity index (χ0v) is 77.8. The van der Waals surface area contributed by atoms with Gasteiger partial charge in [-0.25, -0.2) is 68.4 Å². The predicted molar refractivity (Wildman–Crippen MR) is 511 cm³/mol. The summed E-state index contributed by atoms with van der Waals surface area (Å²) in [7, 11) is 4.24. The molecule has 0 bridgehead atoms.